The Balaban J connectivity index is 0.00000240. The summed E-state index contributed by atoms with van der Waals surface area (Å²) in [6.45, 7) is 26.7. The van der Waals surface area contributed by atoms with Gasteiger partial charge < -0.3 is 24.8 Å². The van der Waals surface area contributed by atoms with Crippen molar-refractivity contribution in [1.82, 2.24) is 0 Å². The number of halogens is 2. The molecular weight excluding hydrogens is 679 g/mol. The van der Waals surface area contributed by atoms with Gasteiger partial charge in [0.25, 0.3) is 0 Å². The molecule has 0 heterocycles. The van der Waals surface area contributed by atoms with Crippen LogP contribution in [-0.4, -0.2) is 3.21 Å². The molecule has 6 rings (SSSR count). The van der Waals surface area contributed by atoms with E-state index < -0.39 is 21.3 Å². The molecule has 0 spiro atoms. The molecule has 0 aliphatic heterocycles. The van der Waals surface area contributed by atoms with Gasteiger partial charge in [-0.1, -0.05) is 0 Å². The van der Waals surface area contributed by atoms with E-state index in [2.05, 4.69) is 119 Å². The minimum Gasteiger partial charge on any atom is -1.00 e. The smallest absolute Gasteiger partial charge is 1.00 e. The molecule has 0 radical (unpaired) electrons. The predicted octanol–water partition coefficient (Wildman–Crippen LogP) is 6.41. The first-order valence-corrected chi connectivity index (χ1v) is 21.3. The number of benzene rings is 2. The van der Waals surface area contributed by atoms with E-state index in [4.69, 9.17) is 0 Å². The molecule has 0 bridgehead atoms. The van der Waals surface area contributed by atoms with Crippen LogP contribution in [0.3, 0.4) is 0 Å². The Labute approximate surface area is 301 Å². The van der Waals surface area contributed by atoms with Crippen molar-refractivity contribution >= 4 is 14.4 Å². The first kappa shape index (κ1) is 37.6. The molecule has 4 aliphatic carbocycles. The van der Waals surface area contributed by atoms with Crippen LogP contribution >= 0.6 is 0 Å². The minimum absolute atomic E-state index is 0. The maximum atomic E-state index is 2.69. The van der Waals surface area contributed by atoms with Crippen LogP contribution in [0.5, 0.6) is 0 Å². The van der Waals surface area contributed by atoms with Crippen LogP contribution in [0.1, 0.15) is 154 Å². The van der Waals surface area contributed by atoms with E-state index in [1.807, 2.05) is 9.77 Å². The third-order valence-corrected chi connectivity index (χ3v) is 20.3. The predicted molar refractivity (Wildman–Crippen MR) is 191 cm³/mol. The maximum Gasteiger partial charge on any atom is -1.00 e. The third-order valence-electron chi connectivity index (χ3n) is 11.3. The second-order valence-electron chi connectivity index (χ2n) is 16.4. The Kier molecular flexibility index (Phi) is 11.1. The molecule has 0 atom stereocenters. The number of unbranched alkanes of at least 4 members (excludes halogenated alkanes) is 2. The number of hydrogen-bond acceptors (Lipinski definition) is 0. The fourth-order valence-electron chi connectivity index (χ4n) is 8.85. The van der Waals surface area contributed by atoms with Gasteiger partial charge in [-0.3, -0.25) is 0 Å². The summed E-state index contributed by atoms with van der Waals surface area (Å²) < 4.78 is 5.71. The van der Waals surface area contributed by atoms with Crippen molar-refractivity contribution in [2.45, 2.75) is 138 Å². The second kappa shape index (κ2) is 13.6. The summed E-state index contributed by atoms with van der Waals surface area (Å²) in [6.07, 6.45) is 18.0. The van der Waals surface area contributed by atoms with E-state index in [1.54, 1.807) is 27.8 Å². The zero-order valence-electron chi connectivity index (χ0n) is 30.5. The molecule has 246 valence electrons. The fourth-order valence-corrected chi connectivity index (χ4v) is 18.3. The molecule has 0 unspecified atom stereocenters. The SMILES string of the molecule is CCCC[C](CCCC)=[Zr+2]([C]1=CC(C(C)(C)C)=CC1)[C]1=C(C)c2cc3c(cc2C1(C)C)Cc1cc2c(cc1-3)C(C)=CC2(C)C.[Cl-].[Cl-]. The summed E-state index contributed by atoms with van der Waals surface area (Å²) in [6, 6.07) is 10.4. The molecule has 4 aliphatic rings. The van der Waals surface area contributed by atoms with E-state index in [0.29, 0.717) is 0 Å². The standard InChI is InChI=1S/C25H25.C9H13.C9H18.2ClH.Zr/c1-14-12-24(3,4)22-8-16-7-17-9-23-19(15(2)13-25(23,5)6)11-21(17)20(16)10-18(14)22;1-9(2,3)8-6-4-5-7-8;1-3-5-7-9-8-6-4-2;;;/h8-12H,7H2,1-6H3;6-7H,4H2,1-3H3;3-8H2,1-2H3;2*1H;/q;;;;;+2/p-2. The van der Waals surface area contributed by atoms with Crippen molar-refractivity contribution < 1.29 is 46.1 Å². The third kappa shape index (κ3) is 6.30. The van der Waals surface area contributed by atoms with E-state index in [-0.39, 0.29) is 41.1 Å². The summed E-state index contributed by atoms with van der Waals surface area (Å²) in [7, 11) is 0. The van der Waals surface area contributed by atoms with Crippen molar-refractivity contribution in [3.05, 3.63) is 88.0 Å². The Morgan fingerprint density at radius 3 is 1.89 bits per heavy atom. The van der Waals surface area contributed by atoms with Gasteiger partial charge in [0.1, 0.15) is 0 Å². The summed E-state index contributed by atoms with van der Waals surface area (Å²) in [4.78, 5) is 0. The molecule has 3 heteroatoms. The van der Waals surface area contributed by atoms with Crippen molar-refractivity contribution in [2.75, 3.05) is 0 Å². The average molecular weight is 735 g/mol. The topological polar surface area (TPSA) is 0 Å². The largest absolute Gasteiger partial charge is 1.00 e. The van der Waals surface area contributed by atoms with Gasteiger partial charge in [0.05, 0.1) is 0 Å². The van der Waals surface area contributed by atoms with E-state index in [1.165, 1.54) is 78.3 Å². The van der Waals surface area contributed by atoms with E-state index in [0.717, 1.165) is 6.42 Å². The van der Waals surface area contributed by atoms with Crippen LogP contribution in [0, 0.1) is 5.41 Å². The summed E-state index contributed by atoms with van der Waals surface area (Å²) in [5, 5.41) is 0. The average Bonchev–Trinajstić information content (AvgIpc) is 3.67. The van der Waals surface area contributed by atoms with Crippen molar-refractivity contribution in [2.24, 2.45) is 5.41 Å². The molecule has 0 aromatic heterocycles. The molecule has 0 saturated heterocycles. The molecule has 0 nitrogen and oxygen atoms in total. The van der Waals surface area contributed by atoms with Gasteiger partial charge in [-0.25, -0.2) is 0 Å². The minimum atomic E-state index is -2.34. The Morgan fingerprint density at radius 2 is 1.35 bits per heavy atom. The van der Waals surface area contributed by atoms with Crippen LogP contribution in [0.4, 0.5) is 0 Å². The molecule has 0 fully saturated rings. The molecule has 0 N–H and O–H groups in total. The van der Waals surface area contributed by atoms with Crippen LogP contribution in [0.2, 0.25) is 0 Å². The van der Waals surface area contributed by atoms with Gasteiger partial charge in [0.15, 0.2) is 0 Å². The second-order valence-corrected chi connectivity index (χ2v) is 22.8. The Morgan fingerprint density at radius 1 is 0.783 bits per heavy atom. The van der Waals surface area contributed by atoms with Crippen molar-refractivity contribution in [1.29, 1.82) is 0 Å². The Bertz CT molecular complexity index is 1700. The van der Waals surface area contributed by atoms with E-state index >= 15 is 0 Å². The number of hydrogen-bond donors (Lipinski definition) is 0. The van der Waals surface area contributed by atoms with E-state index in [9.17, 15) is 0 Å². The molecule has 0 amide bonds. The monoisotopic (exact) mass is 732 g/mol. The molecule has 46 heavy (non-hydrogen) atoms. The van der Waals surface area contributed by atoms with Crippen LogP contribution in [0.25, 0.3) is 22.3 Å². The van der Waals surface area contributed by atoms with Gasteiger partial charge in [-0.2, -0.15) is 0 Å². The van der Waals surface area contributed by atoms with Crippen molar-refractivity contribution in [3.8, 4) is 11.1 Å². The maximum absolute atomic E-state index is 2.69. The summed E-state index contributed by atoms with van der Waals surface area (Å²) >= 11 is -2.34. The first-order valence-electron chi connectivity index (χ1n) is 17.6. The van der Waals surface area contributed by atoms with Gasteiger partial charge >= 0.3 is 279 Å². The molecule has 0 saturated carbocycles. The van der Waals surface area contributed by atoms with Crippen LogP contribution in [0.15, 0.2) is 54.6 Å². The fraction of sp³-hybridized carbons (Fsp3) is 0.512. The molecule has 2 aromatic carbocycles. The zero-order chi connectivity index (χ0) is 31.8. The summed E-state index contributed by atoms with van der Waals surface area (Å²) in [5.41, 5.74) is 17.3. The van der Waals surface area contributed by atoms with Gasteiger partial charge in [-0.15, -0.1) is 0 Å². The van der Waals surface area contributed by atoms with Gasteiger partial charge in [-0.05, 0) is 0 Å². The number of fused-ring (bicyclic) bond motifs is 5. The number of allylic oxidation sites excluding steroid dienone is 8. The van der Waals surface area contributed by atoms with Gasteiger partial charge in [0.2, 0.25) is 0 Å². The number of rotatable bonds is 8. The van der Waals surface area contributed by atoms with Crippen molar-refractivity contribution in [3.63, 3.8) is 0 Å². The molecule has 2 aromatic rings. The van der Waals surface area contributed by atoms with Crippen LogP contribution < -0.4 is 24.8 Å². The quantitative estimate of drug-likeness (QED) is 0.251. The summed E-state index contributed by atoms with van der Waals surface area (Å²) in [5.74, 6) is 0. The molecular formula is C43H56Cl2Zr. The Hall–Kier alpha value is -1.27. The normalized spacial score (nSPS) is 17.9. The first-order chi connectivity index (χ1) is 20.7. The zero-order valence-corrected chi connectivity index (χ0v) is 34.4. The van der Waals surface area contributed by atoms with Gasteiger partial charge in [0, 0.05) is 0 Å². The van der Waals surface area contributed by atoms with Crippen LogP contribution in [-0.2, 0) is 38.5 Å².